The highest BCUT2D eigenvalue weighted by Gasteiger charge is 2.15. The summed E-state index contributed by atoms with van der Waals surface area (Å²) < 4.78 is 5.18. The molecule has 0 saturated carbocycles. The molecule has 0 aliphatic rings. The second-order valence-corrected chi connectivity index (χ2v) is 6.77. The molecule has 1 aromatic carbocycles. The molecular formula is C18H25NO2S. The Balaban J connectivity index is 1.79. The first-order valence-electron chi connectivity index (χ1n) is 7.69. The van der Waals surface area contributed by atoms with E-state index in [1.807, 2.05) is 29.6 Å². The van der Waals surface area contributed by atoms with E-state index in [-0.39, 0.29) is 12.1 Å². The molecule has 22 heavy (non-hydrogen) atoms. The Morgan fingerprint density at radius 2 is 1.86 bits per heavy atom. The Morgan fingerprint density at radius 3 is 2.45 bits per heavy atom. The lowest BCUT2D eigenvalue weighted by atomic mass is 10.0. The van der Waals surface area contributed by atoms with Gasteiger partial charge in [-0.2, -0.15) is 0 Å². The van der Waals surface area contributed by atoms with Gasteiger partial charge in [0.2, 0.25) is 0 Å². The fraction of sp³-hybridized carbons (Fsp3) is 0.444. The molecule has 120 valence electrons. The number of methoxy groups -OCH3 is 1. The lowest BCUT2D eigenvalue weighted by molar-refractivity contribution is 0.155. The maximum atomic E-state index is 10.2. The molecule has 0 saturated heterocycles. The Kier molecular flexibility index (Phi) is 6.43. The van der Waals surface area contributed by atoms with Crippen LogP contribution in [0.1, 0.15) is 36.8 Å². The molecule has 4 heteroatoms. The zero-order valence-electron chi connectivity index (χ0n) is 13.5. The fourth-order valence-corrected chi connectivity index (χ4v) is 3.38. The summed E-state index contributed by atoms with van der Waals surface area (Å²) in [6, 6.07) is 12.8. The normalized spacial score (nSPS) is 15.3. The van der Waals surface area contributed by atoms with Crippen LogP contribution in [0.25, 0.3) is 0 Å². The van der Waals surface area contributed by atoms with Gasteiger partial charge in [0.1, 0.15) is 5.75 Å². The van der Waals surface area contributed by atoms with Gasteiger partial charge in [-0.1, -0.05) is 18.2 Å². The van der Waals surface area contributed by atoms with Crippen molar-refractivity contribution in [3.8, 4) is 5.75 Å². The average Bonchev–Trinajstić information content (AvgIpc) is 3.02. The van der Waals surface area contributed by atoms with E-state index in [9.17, 15) is 5.11 Å². The van der Waals surface area contributed by atoms with E-state index in [4.69, 9.17) is 4.74 Å². The van der Waals surface area contributed by atoms with Gasteiger partial charge in [-0.25, -0.2) is 0 Å². The van der Waals surface area contributed by atoms with E-state index >= 15 is 0 Å². The molecule has 2 rings (SSSR count). The van der Waals surface area contributed by atoms with Crippen LogP contribution in [-0.4, -0.2) is 24.3 Å². The number of hydrogen-bond acceptors (Lipinski definition) is 4. The maximum absolute atomic E-state index is 10.2. The molecule has 2 aromatic rings. The molecular weight excluding hydrogens is 294 g/mol. The number of hydrogen-bond donors (Lipinski definition) is 2. The van der Waals surface area contributed by atoms with Gasteiger partial charge in [-0.05, 0) is 55.8 Å². The van der Waals surface area contributed by atoms with Gasteiger partial charge in [0.15, 0.2) is 0 Å². The van der Waals surface area contributed by atoms with Crippen LogP contribution in [0, 0.1) is 0 Å². The molecule has 1 heterocycles. The van der Waals surface area contributed by atoms with Crippen molar-refractivity contribution in [3.63, 3.8) is 0 Å². The number of rotatable bonds is 8. The van der Waals surface area contributed by atoms with Crippen LogP contribution < -0.4 is 10.1 Å². The molecule has 0 radical (unpaired) electrons. The van der Waals surface area contributed by atoms with E-state index in [0.717, 1.165) is 23.5 Å². The Labute approximate surface area is 137 Å². The van der Waals surface area contributed by atoms with Gasteiger partial charge in [-0.15, -0.1) is 11.3 Å². The van der Waals surface area contributed by atoms with Crippen molar-refractivity contribution in [1.29, 1.82) is 0 Å². The Bertz CT molecular complexity index is 539. The van der Waals surface area contributed by atoms with Crippen LogP contribution in [0.3, 0.4) is 0 Å². The van der Waals surface area contributed by atoms with Gasteiger partial charge in [0, 0.05) is 17.0 Å². The second kappa shape index (κ2) is 8.32. The summed E-state index contributed by atoms with van der Waals surface area (Å²) in [6.07, 6.45) is 1.31. The minimum absolute atomic E-state index is 0.269. The van der Waals surface area contributed by atoms with Crippen LogP contribution in [0.5, 0.6) is 5.75 Å². The van der Waals surface area contributed by atoms with E-state index in [2.05, 4.69) is 31.3 Å². The van der Waals surface area contributed by atoms with Crippen LogP contribution >= 0.6 is 11.3 Å². The summed E-state index contributed by atoms with van der Waals surface area (Å²) in [5.74, 6) is 0.886. The standard InChI is InChI=1S/C18H25NO2S/c1-13(11-15-6-8-16(21-3)9-7-15)19-14(2)12-17(20)18-5-4-10-22-18/h4-10,13-14,17,19-20H,11-12H2,1-3H3. The largest absolute Gasteiger partial charge is 0.497 e. The minimum Gasteiger partial charge on any atom is -0.497 e. The maximum Gasteiger partial charge on any atom is 0.118 e. The molecule has 3 nitrogen and oxygen atoms in total. The number of aliphatic hydroxyl groups is 1. The van der Waals surface area contributed by atoms with Crippen molar-refractivity contribution >= 4 is 11.3 Å². The summed E-state index contributed by atoms with van der Waals surface area (Å²) in [5.41, 5.74) is 1.28. The van der Waals surface area contributed by atoms with Crippen molar-refractivity contribution < 1.29 is 9.84 Å². The third kappa shape index (κ3) is 5.13. The monoisotopic (exact) mass is 319 g/mol. The molecule has 3 unspecified atom stereocenters. The highest BCUT2D eigenvalue weighted by molar-refractivity contribution is 7.10. The lowest BCUT2D eigenvalue weighted by Gasteiger charge is -2.22. The second-order valence-electron chi connectivity index (χ2n) is 5.79. The zero-order valence-corrected chi connectivity index (χ0v) is 14.3. The third-order valence-corrected chi connectivity index (χ3v) is 4.69. The van der Waals surface area contributed by atoms with Crippen molar-refractivity contribution in [2.45, 2.75) is 44.9 Å². The smallest absolute Gasteiger partial charge is 0.118 e. The number of aliphatic hydroxyl groups excluding tert-OH is 1. The molecule has 2 N–H and O–H groups in total. The molecule has 0 aliphatic carbocycles. The molecule has 0 aliphatic heterocycles. The van der Waals surface area contributed by atoms with E-state index in [1.54, 1.807) is 18.4 Å². The predicted octanol–water partition coefficient (Wildman–Crippen LogP) is 3.79. The summed E-state index contributed by atoms with van der Waals surface area (Å²) in [6.45, 7) is 4.31. The topological polar surface area (TPSA) is 41.5 Å². The average molecular weight is 319 g/mol. The van der Waals surface area contributed by atoms with Gasteiger partial charge in [0.05, 0.1) is 13.2 Å². The molecule has 0 fully saturated rings. The molecule has 3 atom stereocenters. The van der Waals surface area contributed by atoms with E-state index in [1.165, 1.54) is 5.56 Å². The number of thiophene rings is 1. The Morgan fingerprint density at radius 1 is 1.14 bits per heavy atom. The third-order valence-electron chi connectivity index (χ3n) is 3.72. The first-order chi connectivity index (χ1) is 10.6. The van der Waals surface area contributed by atoms with Crippen molar-refractivity contribution in [1.82, 2.24) is 5.32 Å². The van der Waals surface area contributed by atoms with E-state index in [0.29, 0.717) is 6.04 Å². The van der Waals surface area contributed by atoms with Gasteiger partial charge < -0.3 is 15.2 Å². The van der Waals surface area contributed by atoms with E-state index < -0.39 is 0 Å². The lowest BCUT2D eigenvalue weighted by Crippen LogP contribution is -2.36. The van der Waals surface area contributed by atoms with Crippen LogP contribution in [0.15, 0.2) is 41.8 Å². The van der Waals surface area contributed by atoms with Gasteiger partial charge in [-0.3, -0.25) is 0 Å². The van der Waals surface area contributed by atoms with Gasteiger partial charge >= 0.3 is 0 Å². The van der Waals surface area contributed by atoms with Crippen LogP contribution in [0.4, 0.5) is 0 Å². The van der Waals surface area contributed by atoms with Crippen molar-refractivity contribution in [2.75, 3.05) is 7.11 Å². The predicted molar refractivity (Wildman–Crippen MR) is 92.7 cm³/mol. The highest BCUT2D eigenvalue weighted by atomic mass is 32.1. The summed E-state index contributed by atoms with van der Waals surface area (Å²) >= 11 is 1.61. The van der Waals surface area contributed by atoms with Gasteiger partial charge in [0.25, 0.3) is 0 Å². The number of benzene rings is 1. The number of ether oxygens (including phenoxy) is 1. The quantitative estimate of drug-likeness (QED) is 0.778. The van der Waals surface area contributed by atoms with Crippen molar-refractivity contribution in [3.05, 3.63) is 52.2 Å². The van der Waals surface area contributed by atoms with Crippen LogP contribution in [-0.2, 0) is 6.42 Å². The minimum atomic E-state index is -0.379. The molecule has 0 spiro atoms. The molecule has 0 bridgehead atoms. The van der Waals surface area contributed by atoms with Crippen molar-refractivity contribution in [2.24, 2.45) is 0 Å². The molecule has 0 amide bonds. The van der Waals surface area contributed by atoms with Crippen LogP contribution in [0.2, 0.25) is 0 Å². The first kappa shape index (κ1) is 17.0. The summed E-state index contributed by atoms with van der Waals surface area (Å²) in [4.78, 5) is 1.04. The highest BCUT2D eigenvalue weighted by Crippen LogP contribution is 2.23. The summed E-state index contributed by atoms with van der Waals surface area (Å²) in [7, 11) is 1.68. The first-order valence-corrected chi connectivity index (χ1v) is 8.57. The Hall–Kier alpha value is -1.36. The number of nitrogens with one attached hydrogen (secondary N) is 1. The molecule has 1 aromatic heterocycles. The SMILES string of the molecule is COc1ccc(CC(C)NC(C)CC(O)c2cccs2)cc1. The summed E-state index contributed by atoms with van der Waals surface area (Å²) in [5, 5.41) is 15.8. The zero-order chi connectivity index (χ0) is 15.9. The fourth-order valence-electron chi connectivity index (χ4n) is 2.66.